The van der Waals surface area contributed by atoms with Crippen LogP contribution in [0.25, 0.3) is 10.9 Å². The summed E-state index contributed by atoms with van der Waals surface area (Å²) in [4.78, 5) is 15.7. The van der Waals surface area contributed by atoms with Crippen molar-refractivity contribution < 1.29 is 9.53 Å². The zero-order valence-corrected chi connectivity index (χ0v) is 17.4. The molecular formula is C25H26N4O2. The second-order valence-electron chi connectivity index (χ2n) is 9.72. The third kappa shape index (κ3) is 2.54. The number of rotatable bonds is 4. The lowest BCUT2D eigenvalue weighted by Crippen LogP contribution is -2.64. The number of hydrogen-bond acceptors (Lipinski definition) is 4. The smallest absolute Gasteiger partial charge is 0.272 e. The molecule has 2 aromatic carbocycles. The van der Waals surface area contributed by atoms with E-state index in [0.717, 1.165) is 36.0 Å². The summed E-state index contributed by atoms with van der Waals surface area (Å²) in [6.45, 7) is 2.16. The Kier molecular flexibility index (Phi) is 3.63. The Morgan fingerprint density at radius 1 is 1.16 bits per heavy atom. The Balaban J connectivity index is 1.10. The number of aromatic nitrogens is 2. The Hall–Kier alpha value is -2.86. The van der Waals surface area contributed by atoms with E-state index in [-0.39, 0.29) is 18.1 Å². The van der Waals surface area contributed by atoms with Crippen molar-refractivity contribution in [3.05, 3.63) is 59.3 Å². The molecule has 3 fully saturated rings. The first kappa shape index (κ1) is 17.8. The van der Waals surface area contributed by atoms with Gasteiger partial charge in [-0.1, -0.05) is 24.3 Å². The molecule has 3 atom stereocenters. The molecule has 4 aliphatic rings. The standard InChI is InChI=1S/C25H26N4O2/c30-24(26-22-14-29-10-9-25(29)8-7-20(22)25)23-19-13-17(5-6-21(19)27-28-23)31-18-11-15-3-1-2-4-16(15)12-18/h1-6,13,18,20,22H,7-12,14H2,(H,26,30)(H,27,28)/t20-,22-,25?/m1/s1. The Bertz CT molecular complexity index is 1170. The summed E-state index contributed by atoms with van der Waals surface area (Å²) in [5.74, 6) is 1.33. The molecule has 1 aromatic heterocycles. The van der Waals surface area contributed by atoms with Crippen molar-refractivity contribution in [2.24, 2.45) is 5.92 Å². The van der Waals surface area contributed by atoms with E-state index in [1.165, 1.54) is 36.9 Å². The van der Waals surface area contributed by atoms with Gasteiger partial charge in [-0.2, -0.15) is 5.10 Å². The number of amides is 1. The molecule has 6 nitrogen and oxygen atoms in total. The van der Waals surface area contributed by atoms with Gasteiger partial charge < -0.3 is 10.1 Å². The van der Waals surface area contributed by atoms with Crippen LogP contribution < -0.4 is 10.1 Å². The molecule has 0 bridgehead atoms. The fourth-order valence-corrected chi connectivity index (χ4v) is 6.53. The van der Waals surface area contributed by atoms with Gasteiger partial charge in [-0.3, -0.25) is 14.8 Å². The summed E-state index contributed by atoms with van der Waals surface area (Å²) in [5.41, 5.74) is 4.48. The molecule has 1 saturated carbocycles. The molecule has 0 radical (unpaired) electrons. The number of fused-ring (bicyclic) bond motifs is 2. The molecular weight excluding hydrogens is 388 g/mol. The van der Waals surface area contributed by atoms with Gasteiger partial charge in [0.25, 0.3) is 5.91 Å². The van der Waals surface area contributed by atoms with Crippen LogP contribution in [0, 0.1) is 5.92 Å². The zero-order valence-electron chi connectivity index (χ0n) is 17.4. The van der Waals surface area contributed by atoms with Crippen LogP contribution in [0.1, 0.15) is 40.9 Å². The first-order valence-electron chi connectivity index (χ1n) is 11.5. The topological polar surface area (TPSA) is 70.2 Å². The number of ether oxygens (including phenoxy) is 1. The highest BCUT2D eigenvalue weighted by molar-refractivity contribution is 6.05. The van der Waals surface area contributed by atoms with Gasteiger partial charge in [-0.05, 0) is 54.5 Å². The zero-order chi connectivity index (χ0) is 20.6. The minimum absolute atomic E-state index is 0.0776. The minimum Gasteiger partial charge on any atom is -0.490 e. The normalized spacial score (nSPS) is 29.0. The average molecular weight is 415 g/mol. The summed E-state index contributed by atoms with van der Waals surface area (Å²) in [7, 11) is 0. The van der Waals surface area contributed by atoms with E-state index in [4.69, 9.17) is 4.74 Å². The highest BCUT2D eigenvalue weighted by atomic mass is 16.5. The molecule has 1 spiro atoms. The molecule has 158 valence electrons. The molecule has 2 aliphatic heterocycles. The summed E-state index contributed by atoms with van der Waals surface area (Å²) >= 11 is 0. The first-order valence-corrected chi connectivity index (χ1v) is 11.5. The monoisotopic (exact) mass is 414 g/mol. The molecule has 1 amide bonds. The quantitative estimate of drug-likeness (QED) is 0.688. The maximum Gasteiger partial charge on any atom is 0.272 e. The number of hydrogen-bond donors (Lipinski definition) is 2. The predicted octanol–water partition coefficient (Wildman–Crippen LogP) is 3.08. The van der Waals surface area contributed by atoms with Crippen LogP contribution in [0.3, 0.4) is 0 Å². The summed E-state index contributed by atoms with van der Waals surface area (Å²) in [6, 6.07) is 14.7. The molecule has 1 unspecified atom stereocenters. The van der Waals surface area contributed by atoms with E-state index < -0.39 is 0 Å². The molecule has 3 aromatic rings. The maximum atomic E-state index is 13.1. The Morgan fingerprint density at radius 2 is 2.00 bits per heavy atom. The van der Waals surface area contributed by atoms with Crippen LogP contribution in [0.5, 0.6) is 5.75 Å². The second kappa shape index (κ2) is 6.33. The van der Waals surface area contributed by atoms with Crippen molar-refractivity contribution in [3.63, 3.8) is 0 Å². The summed E-state index contributed by atoms with van der Waals surface area (Å²) in [6.07, 6.45) is 5.80. The van der Waals surface area contributed by atoms with E-state index in [1.807, 2.05) is 18.2 Å². The molecule has 6 heteroatoms. The lowest BCUT2D eigenvalue weighted by molar-refractivity contribution is -0.0676. The Morgan fingerprint density at radius 3 is 2.68 bits per heavy atom. The van der Waals surface area contributed by atoms with Gasteiger partial charge in [0.05, 0.1) is 5.52 Å². The summed E-state index contributed by atoms with van der Waals surface area (Å²) < 4.78 is 6.30. The van der Waals surface area contributed by atoms with Crippen molar-refractivity contribution >= 4 is 16.8 Å². The van der Waals surface area contributed by atoms with Crippen molar-refractivity contribution in [1.29, 1.82) is 0 Å². The Labute approximate surface area is 181 Å². The first-order chi connectivity index (χ1) is 15.2. The van der Waals surface area contributed by atoms with Crippen molar-refractivity contribution in [2.45, 2.75) is 49.8 Å². The number of H-pyrrole nitrogens is 1. The van der Waals surface area contributed by atoms with Crippen molar-refractivity contribution in [3.8, 4) is 5.75 Å². The maximum absolute atomic E-state index is 13.1. The van der Waals surface area contributed by atoms with Crippen molar-refractivity contribution in [1.82, 2.24) is 20.4 Å². The van der Waals surface area contributed by atoms with Crippen LogP contribution in [0.15, 0.2) is 42.5 Å². The third-order valence-corrected chi connectivity index (χ3v) is 8.31. The highest BCUT2D eigenvalue weighted by Crippen LogP contribution is 2.57. The largest absolute Gasteiger partial charge is 0.490 e. The van der Waals surface area contributed by atoms with Gasteiger partial charge in [-0.15, -0.1) is 0 Å². The van der Waals surface area contributed by atoms with Crippen LogP contribution in [0.4, 0.5) is 0 Å². The fraction of sp³-hybridized carbons (Fsp3) is 0.440. The molecule has 31 heavy (non-hydrogen) atoms. The van der Waals surface area contributed by atoms with Crippen LogP contribution in [0.2, 0.25) is 0 Å². The van der Waals surface area contributed by atoms with Crippen LogP contribution >= 0.6 is 0 Å². The fourth-order valence-electron chi connectivity index (χ4n) is 6.53. The van der Waals surface area contributed by atoms with Gasteiger partial charge in [0.15, 0.2) is 5.69 Å². The van der Waals surface area contributed by atoms with Gasteiger partial charge in [0.1, 0.15) is 11.9 Å². The number of aromatic amines is 1. The predicted molar refractivity (Wildman–Crippen MR) is 117 cm³/mol. The number of carbonyl (C=O) groups excluding carboxylic acids is 1. The highest BCUT2D eigenvalue weighted by Gasteiger charge is 2.63. The third-order valence-electron chi connectivity index (χ3n) is 8.31. The van der Waals surface area contributed by atoms with Crippen LogP contribution in [-0.2, 0) is 12.8 Å². The average Bonchev–Trinajstić information content (AvgIpc) is 3.36. The van der Waals surface area contributed by atoms with E-state index in [2.05, 4.69) is 44.7 Å². The number of nitrogens with zero attached hydrogens (tertiary/aromatic N) is 2. The van der Waals surface area contributed by atoms with E-state index in [9.17, 15) is 4.79 Å². The molecule has 7 rings (SSSR count). The molecule has 2 aliphatic carbocycles. The lowest BCUT2D eigenvalue weighted by atomic mass is 9.61. The number of carbonyl (C=O) groups is 1. The van der Waals surface area contributed by atoms with Gasteiger partial charge in [0.2, 0.25) is 0 Å². The van der Waals surface area contributed by atoms with Gasteiger partial charge in [-0.25, -0.2) is 0 Å². The lowest BCUT2D eigenvalue weighted by Gasteiger charge is -2.58. The SMILES string of the molecule is O=C(N[C@@H]1CN2CCC23CC[C@H]13)c1n[nH]c2ccc(OC3Cc4ccccc4C3)cc12. The minimum atomic E-state index is -0.0776. The van der Waals surface area contributed by atoms with Gasteiger partial charge in [0, 0.05) is 42.9 Å². The van der Waals surface area contributed by atoms with Gasteiger partial charge >= 0.3 is 0 Å². The second-order valence-corrected chi connectivity index (χ2v) is 9.72. The van der Waals surface area contributed by atoms with E-state index in [1.54, 1.807) is 0 Å². The molecule has 2 N–H and O–H groups in total. The van der Waals surface area contributed by atoms with Crippen molar-refractivity contribution in [2.75, 3.05) is 13.1 Å². The van der Waals surface area contributed by atoms with Crippen LogP contribution in [-0.4, -0.2) is 51.8 Å². The number of nitrogens with one attached hydrogen (secondary N) is 2. The summed E-state index contributed by atoms with van der Waals surface area (Å²) in [5, 5.41) is 11.5. The molecule has 2 saturated heterocycles. The number of benzene rings is 2. The van der Waals surface area contributed by atoms with E-state index >= 15 is 0 Å². The molecule has 3 heterocycles. The van der Waals surface area contributed by atoms with E-state index in [0.29, 0.717) is 17.2 Å².